The Labute approximate surface area is 208 Å². The van der Waals surface area contributed by atoms with Gasteiger partial charge in [-0.2, -0.15) is 11.8 Å². The quantitative estimate of drug-likeness (QED) is 0.446. The van der Waals surface area contributed by atoms with E-state index < -0.39 is 10.0 Å². The van der Waals surface area contributed by atoms with Crippen molar-refractivity contribution in [2.45, 2.75) is 24.3 Å². The lowest BCUT2D eigenvalue weighted by atomic mass is 9.97. The minimum atomic E-state index is -3.47. The van der Waals surface area contributed by atoms with E-state index in [1.807, 2.05) is 18.2 Å². The van der Waals surface area contributed by atoms with Crippen molar-refractivity contribution in [2.75, 3.05) is 25.4 Å². The molecule has 1 heterocycles. The summed E-state index contributed by atoms with van der Waals surface area (Å²) in [4.78, 5) is 12.5. The van der Waals surface area contributed by atoms with Crippen LogP contribution < -0.4 is 5.32 Å². The molecule has 0 saturated carbocycles. The fourth-order valence-electron chi connectivity index (χ4n) is 3.53. The highest BCUT2D eigenvalue weighted by molar-refractivity contribution is 7.98. The lowest BCUT2D eigenvalue weighted by Crippen LogP contribution is -2.43. The molecular weight excluding hydrogens is 511 g/mol. The van der Waals surface area contributed by atoms with E-state index in [4.69, 9.17) is 34.8 Å². The van der Waals surface area contributed by atoms with Crippen LogP contribution in [0.25, 0.3) is 0 Å². The largest absolute Gasteiger partial charge is 0.355 e. The van der Waals surface area contributed by atoms with E-state index in [2.05, 4.69) is 5.32 Å². The highest BCUT2D eigenvalue weighted by atomic mass is 35.5. The second kappa shape index (κ2) is 12.0. The van der Waals surface area contributed by atoms with Crippen LogP contribution in [-0.4, -0.2) is 44.0 Å². The third-order valence-electron chi connectivity index (χ3n) is 5.37. The van der Waals surface area contributed by atoms with Crippen LogP contribution in [0, 0.1) is 5.92 Å². The predicted molar refractivity (Wildman–Crippen MR) is 134 cm³/mol. The molecule has 174 valence electrons. The van der Waals surface area contributed by atoms with Gasteiger partial charge in [0.1, 0.15) is 0 Å². The van der Waals surface area contributed by atoms with Crippen LogP contribution in [0.4, 0.5) is 0 Å². The molecule has 1 saturated heterocycles. The summed E-state index contributed by atoms with van der Waals surface area (Å²) in [5.74, 6) is 1.08. The number of halogens is 3. The molecule has 0 unspecified atom stereocenters. The number of carbonyl (C=O) groups excluding carboxylic acids is 1. The third kappa shape index (κ3) is 7.02. The number of carbonyl (C=O) groups is 1. The van der Waals surface area contributed by atoms with Gasteiger partial charge >= 0.3 is 0 Å². The van der Waals surface area contributed by atoms with E-state index in [0.29, 0.717) is 58.9 Å². The summed E-state index contributed by atoms with van der Waals surface area (Å²) >= 11 is 20.1. The van der Waals surface area contributed by atoms with E-state index in [1.165, 1.54) is 4.31 Å². The first kappa shape index (κ1) is 25.7. The first-order valence-corrected chi connectivity index (χ1v) is 14.2. The Morgan fingerprint density at radius 1 is 1.00 bits per heavy atom. The molecule has 32 heavy (non-hydrogen) atoms. The number of hydrogen-bond donors (Lipinski definition) is 1. The average Bonchev–Trinajstić information content (AvgIpc) is 2.77. The summed E-state index contributed by atoms with van der Waals surface area (Å²) in [6, 6.07) is 12.4. The second-order valence-electron chi connectivity index (χ2n) is 7.56. The summed E-state index contributed by atoms with van der Waals surface area (Å²) in [5.41, 5.74) is 1.49. The molecule has 2 aromatic rings. The van der Waals surface area contributed by atoms with Gasteiger partial charge in [0.2, 0.25) is 15.9 Å². The number of rotatable bonds is 9. The maximum atomic E-state index is 12.7. The maximum absolute atomic E-state index is 12.7. The molecular formula is C22H25Cl3N2O3S2. The number of nitrogens with zero attached hydrogens (tertiary/aromatic N) is 1. The van der Waals surface area contributed by atoms with Gasteiger partial charge in [-0.15, -0.1) is 0 Å². The van der Waals surface area contributed by atoms with E-state index in [9.17, 15) is 13.2 Å². The van der Waals surface area contributed by atoms with Gasteiger partial charge in [-0.25, -0.2) is 12.7 Å². The van der Waals surface area contributed by atoms with E-state index in [-0.39, 0.29) is 17.6 Å². The molecule has 5 nitrogen and oxygen atoms in total. The molecule has 0 spiro atoms. The molecule has 0 aromatic heterocycles. The molecule has 0 bridgehead atoms. The highest BCUT2D eigenvalue weighted by Crippen LogP contribution is 2.28. The Hall–Kier alpha value is -0.960. The monoisotopic (exact) mass is 534 g/mol. The minimum absolute atomic E-state index is 0.0236. The zero-order valence-electron chi connectivity index (χ0n) is 17.4. The van der Waals surface area contributed by atoms with E-state index >= 15 is 0 Å². The third-order valence-corrected chi connectivity index (χ3v) is 9.26. The molecule has 1 aliphatic rings. The number of nitrogens with one attached hydrogen (secondary N) is 1. The number of hydrogen-bond acceptors (Lipinski definition) is 4. The van der Waals surface area contributed by atoms with Crippen molar-refractivity contribution < 1.29 is 13.2 Å². The van der Waals surface area contributed by atoms with Crippen LogP contribution in [0.3, 0.4) is 0 Å². The van der Waals surface area contributed by atoms with Crippen molar-refractivity contribution in [3.8, 4) is 0 Å². The fraction of sp³-hybridized carbons (Fsp3) is 0.409. The molecule has 1 fully saturated rings. The molecule has 0 aliphatic carbocycles. The Morgan fingerprint density at radius 2 is 1.62 bits per heavy atom. The number of piperidine rings is 1. The van der Waals surface area contributed by atoms with Crippen molar-refractivity contribution in [2.24, 2.45) is 5.92 Å². The molecule has 3 rings (SSSR count). The van der Waals surface area contributed by atoms with Crippen LogP contribution in [0.15, 0.2) is 42.5 Å². The van der Waals surface area contributed by atoms with Crippen molar-refractivity contribution in [1.29, 1.82) is 0 Å². The number of benzene rings is 2. The zero-order valence-corrected chi connectivity index (χ0v) is 21.3. The normalized spacial score (nSPS) is 15.6. The Morgan fingerprint density at radius 3 is 2.28 bits per heavy atom. The summed E-state index contributed by atoms with van der Waals surface area (Å²) in [6.45, 7) is 1.21. The second-order valence-corrected chi connectivity index (χ2v) is 11.9. The van der Waals surface area contributed by atoms with Crippen molar-refractivity contribution >= 4 is 62.5 Å². The number of thioether (sulfide) groups is 1. The van der Waals surface area contributed by atoms with Crippen LogP contribution in [0.1, 0.15) is 24.0 Å². The van der Waals surface area contributed by atoms with Gasteiger partial charge in [-0.05, 0) is 42.2 Å². The summed E-state index contributed by atoms with van der Waals surface area (Å²) in [7, 11) is -3.47. The highest BCUT2D eigenvalue weighted by Gasteiger charge is 2.31. The maximum Gasteiger partial charge on any atom is 0.223 e. The molecule has 10 heteroatoms. The van der Waals surface area contributed by atoms with Crippen LogP contribution >= 0.6 is 46.6 Å². The van der Waals surface area contributed by atoms with Crippen molar-refractivity contribution in [3.05, 3.63) is 68.7 Å². The van der Waals surface area contributed by atoms with Gasteiger partial charge in [0.25, 0.3) is 0 Å². The van der Waals surface area contributed by atoms with E-state index in [0.717, 1.165) is 11.3 Å². The van der Waals surface area contributed by atoms with Gasteiger partial charge in [-0.1, -0.05) is 59.1 Å². The smallest absolute Gasteiger partial charge is 0.223 e. The Bertz CT molecular complexity index is 1020. The van der Waals surface area contributed by atoms with Gasteiger partial charge < -0.3 is 5.32 Å². The Kier molecular flexibility index (Phi) is 9.58. The standard InChI is InChI=1S/C22H25Cl3N2O3S2/c23-19-5-2-1-4-17(19)15-32(29,30)27-11-8-16(9-12-27)22(28)26-10-13-31-14-18-20(24)6-3-7-21(18)25/h1-7,16H,8-15H2,(H,26,28). The number of amides is 1. The molecule has 0 radical (unpaired) electrons. The first-order valence-electron chi connectivity index (χ1n) is 10.3. The molecule has 1 aliphatic heterocycles. The van der Waals surface area contributed by atoms with Gasteiger partial charge in [0.15, 0.2) is 0 Å². The van der Waals surface area contributed by atoms with Crippen molar-refractivity contribution in [1.82, 2.24) is 9.62 Å². The summed E-state index contributed by atoms with van der Waals surface area (Å²) < 4.78 is 26.9. The molecule has 1 amide bonds. The van der Waals surface area contributed by atoms with Gasteiger partial charge in [0, 0.05) is 52.1 Å². The molecule has 0 atom stereocenters. The summed E-state index contributed by atoms with van der Waals surface area (Å²) in [5, 5.41) is 4.69. The first-order chi connectivity index (χ1) is 15.3. The zero-order chi connectivity index (χ0) is 23.1. The predicted octanol–water partition coefficient (Wildman–Crippen LogP) is 5.24. The fourth-order valence-corrected chi connectivity index (χ4v) is 7.01. The topological polar surface area (TPSA) is 66.5 Å². The average molecular weight is 536 g/mol. The molecule has 2 aromatic carbocycles. The molecule has 1 N–H and O–H groups in total. The Balaban J connectivity index is 1.39. The SMILES string of the molecule is O=C(NCCSCc1c(Cl)cccc1Cl)C1CCN(S(=O)(=O)Cc2ccccc2Cl)CC1. The van der Waals surface area contributed by atoms with Crippen molar-refractivity contribution in [3.63, 3.8) is 0 Å². The van der Waals surface area contributed by atoms with E-state index in [1.54, 1.807) is 36.0 Å². The number of sulfonamides is 1. The van der Waals surface area contributed by atoms with Crippen LogP contribution in [0.2, 0.25) is 15.1 Å². The van der Waals surface area contributed by atoms with Crippen LogP contribution in [-0.2, 0) is 26.3 Å². The van der Waals surface area contributed by atoms with Gasteiger partial charge in [-0.3, -0.25) is 4.79 Å². The van der Waals surface area contributed by atoms with Crippen LogP contribution in [0.5, 0.6) is 0 Å². The minimum Gasteiger partial charge on any atom is -0.355 e. The summed E-state index contributed by atoms with van der Waals surface area (Å²) in [6.07, 6.45) is 1.02. The lowest BCUT2D eigenvalue weighted by Gasteiger charge is -2.30. The van der Waals surface area contributed by atoms with Gasteiger partial charge in [0.05, 0.1) is 5.75 Å². The lowest BCUT2D eigenvalue weighted by molar-refractivity contribution is -0.125.